The first kappa shape index (κ1) is 16.3. The summed E-state index contributed by atoms with van der Waals surface area (Å²) in [5, 5.41) is 2.95. The van der Waals surface area contributed by atoms with Crippen molar-refractivity contribution >= 4 is 11.6 Å². The number of hydrogen-bond acceptors (Lipinski definition) is 2. The fraction of sp³-hybridized carbons (Fsp3) is 0.389. The Hall–Kier alpha value is -2.07. The van der Waals surface area contributed by atoms with Crippen LogP contribution in [0.1, 0.15) is 37.5 Å². The molecule has 0 bridgehead atoms. The highest BCUT2D eigenvalue weighted by Gasteiger charge is 2.12. The molecule has 0 spiro atoms. The second kappa shape index (κ2) is 7.80. The Morgan fingerprint density at radius 1 is 1.27 bits per heavy atom. The highest BCUT2D eigenvalue weighted by atomic mass is 16.3. The molecule has 1 unspecified atom stereocenters. The van der Waals surface area contributed by atoms with Gasteiger partial charge >= 0.3 is 0 Å². The molecule has 0 aliphatic carbocycles. The number of likely N-dealkylation sites (N-methyl/N-ethyl adjacent to an activating group) is 1. The van der Waals surface area contributed by atoms with Gasteiger partial charge in [-0.15, -0.1) is 0 Å². The van der Waals surface area contributed by atoms with Gasteiger partial charge in [0.15, 0.2) is 12.3 Å². The lowest BCUT2D eigenvalue weighted by Crippen LogP contribution is -3.08. The topological polar surface area (TPSA) is 46.7 Å². The highest BCUT2D eigenvalue weighted by molar-refractivity contribution is 5.91. The average molecular weight is 301 g/mol. The minimum Gasteiger partial charge on any atom is -0.463 e. The molecular weight excluding hydrogens is 276 g/mol. The average Bonchev–Trinajstić information content (AvgIpc) is 2.99. The number of quaternary nitrogens is 1. The SMILES string of the molecule is CC[C@H](C)c1ccc(NC(=O)C[NH+](C)Cc2ccco2)cc1. The number of carbonyl (C=O) groups is 1. The van der Waals surface area contributed by atoms with Crippen molar-refractivity contribution in [1.29, 1.82) is 0 Å². The molecule has 0 aliphatic heterocycles. The predicted molar refractivity (Wildman–Crippen MR) is 87.9 cm³/mol. The number of hydrogen-bond donors (Lipinski definition) is 2. The number of amides is 1. The molecule has 4 nitrogen and oxygen atoms in total. The first-order valence-electron chi connectivity index (χ1n) is 7.82. The van der Waals surface area contributed by atoms with Crippen molar-refractivity contribution in [2.45, 2.75) is 32.7 Å². The number of carbonyl (C=O) groups excluding carboxylic acids is 1. The van der Waals surface area contributed by atoms with Crippen molar-refractivity contribution in [3.8, 4) is 0 Å². The van der Waals surface area contributed by atoms with Gasteiger partial charge in [0.1, 0.15) is 6.54 Å². The molecular formula is C18H25N2O2+. The van der Waals surface area contributed by atoms with E-state index < -0.39 is 0 Å². The van der Waals surface area contributed by atoms with Crippen LogP contribution in [0.25, 0.3) is 0 Å². The van der Waals surface area contributed by atoms with Gasteiger partial charge in [0.25, 0.3) is 5.91 Å². The molecule has 2 atom stereocenters. The molecule has 0 fully saturated rings. The van der Waals surface area contributed by atoms with E-state index in [0.717, 1.165) is 22.8 Å². The summed E-state index contributed by atoms with van der Waals surface area (Å²) in [6.45, 7) is 5.50. The molecule has 1 aromatic carbocycles. The molecule has 22 heavy (non-hydrogen) atoms. The number of furan rings is 1. The van der Waals surface area contributed by atoms with Crippen molar-refractivity contribution in [2.24, 2.45) is 0 Å². The summed E-state index contributed by atoms with van der Waals surface area (Å²) in [5.41, 5.74) is 2.16. The lowest BCUT2D eigenvalue weighted by molar-refractivity contribution is -0.886. The fourth-order valence-corrected chi connectivity index (χ4v) is 2.38. The minimum absolute atomic E-state index is 0.0142. The lowest BCUT2D eigenvalue weighted by Gasteiger charge is -2.13. The van der Waals surface area contributed by atoms with Crippen molar-refractivity contribution in [2.75, 3.05) is 18.9 Å². The monoisotopic (exact) mass is 301 g/mol. The third-order valence-corrected chi connectivity index (χ3v) is 3.89. The van der Waals surface area contributed by atoms with Crippen LogP contribution in [0, 0.1) is 0 Å². The quantitative estimate of drug-likeness (QED) is 0.825. The minimum atomic E-state index is 0.0142. The Morgan fingerprint density at radius 3 is 2.59 bits per heavy atom. The van der Waals surface area contributed by atoms with Crippen molar-refractivity contribution in [3.05, 3.63) is 54.0 Å². The predicted octanol–water partition coefficient (Wildman–Crippen LogP) is 2.45. The van der Waals surface area contributed by atoms with E-state index in [1.807, 2.05) is 31.3 Å². The van der Waals surface area contributed by atoms with Crippen molar-refractivity contribution < 1.29 is 14.1 Å². The maximum absolute atomic E-state index is 12.1. The second-order valence-electron chi connectivity index (χ2n) is 5.87. The standard InChI is InChI=1S/C18H24N2O2/c1-4-14(2)15-7-9-16(10-8-15)19-18(21)13-20(3)12-17-6-5-11-22-17/h5-11,14H,4,12-13H2,1-3H3,(H,19,21)/p+1/t14-/m0/s1. The van der Waals surface area contributed by atoms with Gasteiger partial charge in [0, 0.05) is 5.69 Å². The summed E-state index contributed by atoms with van der Waals surface area (Å²) in [6, 6.07) is 11.9. The van der Waals surface area contributed by atoms with Gasteiger partial charge in [-0.25, -0.2) is 0 Å². The summed E-state index contributed by atoms with van der Waals surface area (Å²) in [4.78, 5) is 13.2. The largest absolute Gasteiger partial charge is 0.463 e. The molecule has 1 aromatic heterocycles. The zero-order valence-corrected chi connectivity index (χ0v) is 13.6. The Kier molecular flexibility index (Phi) is 5.78. The Morgan fingerprint density at radius 2 is 2.00 bits per heavy atom. The maximum Gasteiger partial charge on any atom is 0.279 e. The number of rotatable bonds is 7. The van der Waals surface area contributed by atoms with E-state index in [4.69, 9.17) is 4.42 Å². The van der Waals surface area contributed by atoms with Crippen molar-refractivity contribution in [3.63, 3.8) is 0 Å². The van der Waals surface area contributed by atoms with E-state index in [-0.39, 0.29) is 5.91 Å². The molecule has 4 heteroatoms. The fourth-order valence-electron chi connectivity index (χ4n) is 2.38. The van der Waals surface area contributed by atoms with Gasteiger partial charge in [-0.1, -0.05) is 26.0 Å². The summed E-state index contributed by atoms with van der Waals surface area (Å²) in [5.74, 6) is 1.46. The number of anilines is 1. The van der Waals surface area contributed by atoms with Crippen LogP contribution in [-0.4, -0.2) is 19.5 Å². The van der Waals surface area contributed by atoms with E-state index in [0.29, 0.717) is 19.0 Å². The van der Waals surface area contributed by atoms with E-state index >= 15 is 0 Å². The van der Waals surface area contributed by atoms with Gasteiger partial charge in [-0.2, -0.15) is 0 Å². The smallest absolute Gasteiger partial charge is 0.279 e. The van der Waals surface area contributed by atoms with E-state index in [1.165, 1.54) is 5.56 Å². The number of nitrogens with one attached hydrogen (secondary N) is 2. The number of benzene rings is 1. The molecule has 0 saturated heterocycles. The van der Waals surface area contributed by atoms with Crippen LogP contribution in [0.15, 0.2) is 47.1 Å². The summed E-state index contributed by atoms with van der Waals surface area (Å²) in [6.07, 6.45) is 2.77. The molecule has 1 amide bonds. The molecule has 0 aliphatic rings. The van der Waals surface area contributed by atoms with Crippen LogP contribution in [-0.2, 0) is 11.3 Å². The molecule has 0 radical (unpaired) electrons. The third-order valence-electron chi connectivity index (χ3n) is 3.89. The normalized spacial score (nSPS) is 13.6. The van der Waals surface area contributed by atoms with Crippen LogP contribution in [0.3, 0.4) is 0 Å². The van der Waals surface area contributed by atoms with Gasteiger partial charge in [0.2, 0.25) is 0 Å². The molecule has 0 saturated carbocycles. The van der Waals surface area contributed by atoms with Gasteiger partial charge in [0.05, 0.1) is 13.3 Å². The summed E-state index contributed by atoms with van der Waals surface area (Å²) >= 11 is 0. The van der Waals surface area contributed by atoms with E-state index in [2.05, 4.69) is 31.3 Å². The first-order chi connectivity index (χ1) is 10.6. The molecule has 2 N–H and O–H groups in total. The Balaban J connectivity index is 1.83. The molecule has 2 aromatic rings. The van der Waals surface area contributed by atoms with Crippen LogP contribution >= 0.6 is 0 Å². The van der Waals surface area contributed by atoms with Gasteiger partial charge in [-0.3, -0.25) is 4.79 Å². The molecule has 118 valence electrons. The van der Waals surface area contributed by atoms with Gasteiger partial charge in [-0.05, 0) is 42.2 Å². The molecule has 2 rings (SSSR count). The molecule has 1 heterocycles. The van der Waals surface area contributed by atoms with E-state index in [1.54, 1.807) is 6.26 Å². The Labute approximate surface area is 132 Å². The van der Waals surface area contributed by atoms with Crippen LogP contribution in [0.5, 0.6) is 0 Å². The lowest BCUT2D eigenvalue weighted by atomic mass is 9.99. The van der Waals surface area contributed by atoms with Gasteiger partial charge < -0.3 is 14.6 Å². The zero-order valence-electron chi connectivity index (χ0n) is 13.6. The zero-order chi connectivity index (χ0) is 15.9. The van der Waals surface area contributed by atoms with E-state index in [9.17, 15) is 4.79 Å². The summed E-state index contributed by atoms with van der Waals surface area (Å²) in [7, 11) is 1.98. The van der Waals surface area contributed by atoms with Crippen molar-refractivity contribution in [1.82, 2.24) is 0 Å². The summed E-state index contributed by atoms with van der Waals surface area (Å²) < 4.78 is 5.30. The highest BCUT2D eigenvalue weighted by Crippen LogP contribution is 2.20. The Bertz CT molecular complexity index is 576. The third kappa shape index (κ3) is 4.74. The second-order valence-corrected chi connectivity index (χ2v) is 5.87. The maximum atomic E-state index is 12.1. The van der Waals surface area contributed by atoms with Crippen LogP contribution < -0.4 is 10.2 Å². The van der Waals surface area contributed by atoms with Crippen LogP contribution in [0.2, 0.25) is 0 Å². The first-order valence-corrected chi connectivity index (χ1v) is 7.82. The van der Waals surface area contributed by atoms with Crippen LogP contribution in [0.4, 0.5) is 5.69 Å².